The molecular weight excluding hydrogens is 502 g/mol. The van der Waals surface area contributed by atoms with Crippen molar-refractivity contribution in [2.24, 2.45) is 4.99 Å². The maximum Gasteiger partial charge on any atom is 0.331 e. The van der Waals surface area contributed by atoms with Gasteiger partial charge in [0.05, 0.1) is 22.5 Å². The zero-order chi connectivity index (χ0) is 28.6. The van der Waals surface area contributed by atoms with Crippen molar-refractivity contribution in [1.29, 1.82) is 0 Å². The highest BCUT2D eigenvalue weighted by molar-refractivity contribution is 6.23. The molecule has 0 aliphatic carbocycles. The van der Waals surface area contributed by atoms with Crippen LogP contribution in [-0.2, 0) is 0 Å². The maximum absolute atomic E-state index is 13.2. The van der Waals surface area contributed by atoms with E-state index in [-0.39, 0.29) is 17.8 Å². The lowest BCUT2D eigenvalue weighted by atomic mass is 10.0. The van der Waals surface area contributed by atoms with Gasteiger partial charge in [0.1, 0.15) is 0 Å². The van der Waals surface area contributed by atoms with Gasteiger partial charge in [-0.25, -0.2) is 14.4 Å². The second kappa shape index (κ2) is 13.1. The van der Waals surface area contributed by atoms with Crippen molar-refractivity contribution in [3.8, 4) is 5.88 Å². The molecular formula is C32H37N5O3. The number of nitrogens with zero attached hydrogens (tertiary/aromatic N) is 4. The molecule has 8 heteroatoms. The van der Waals surface area contributed by atoms with Crippen LogP contribution in [-0.4, -0.2) is 76.9 Å². The molecule has 1 aromatic heterocycles. The summed E-state index contributed by atoms with van der Waals surface area (Å²) in [4.78, 5) is 34.6. The number of fused-ring (bicyclic) bond motifs is 1. The zero-order valence-corrected chi connectivity index (χ0v) is 23.6. The average molecular weight is 540 g/mol. The largest absolute Gasteiger partial charge is 0.494 e. The number of benzene rings is 3. The lowest BCUT2D eigenvalue weighted by molar-refractivity contribution is 0.0949. The minimum absolute atomic E-state index is 0.134. The first-order valence-corrected chi connectivity index (χ1v) is 13.7. The van der Waals surface area contributed by atoms with Crippen molar-refractivity contribution in [3.63, 3.8) is 0 Å². The fourth-order valence-corrected chi connectivity index (χ4v) is 4.61. The fourth-order valence-electron chi connectivity index (χ4n) is 4.61. The molecule has 0 saturated carbocycles. The summed E-state index contributed by atoms with van der Waals surface area (Å²) in [5.41, 5.74) is 3.55. The van der Waals surface area contributed by atoms with Crippen LogP contribution in [0.15, 0.2) is 83.9 Å². The number of hydrogen-bond acceptors (Lipinski definition) is 5. The van der Waals surface area contributed by atoms with Crippen molar-refractivity contribution in [3.05, 3.63) is 95.6 Å². The average Bonchev–Trinajstić information content (AvgIpc) is 3.29. The Morgan fingerprint density at radius 3 is 2.15 bits per heavy atom. The molecule has 4 rings (SSSR count). The molecule has 0 aliphatic rings. The van der Waals surface area contributed by atoms with Gasteiger partial charge in [-0.05, 0) is 50.3 Å². The Hall–Kier alpha value is -4.43. The molecule has 2 N–H and O–H groups in total. The van der Waals surface area contributed by atoms with E-state index in [9.17, 15) is 14.7 Å². The standard InChI is InChI=1S/C32H37N5O3/c1-5-35(4)32(40)37-27-16-12-11-15-26(27)28(31(37)39)29(23-13-9-8-10-14-23)34-25-19-17-24(18-20-25)30(38)33-21-22-36(6-2)7-3/h8-20,39H,5-7,21-22H2,1-4H3,(H,33,38). The van der Waals surface area contributed by atoms with E-state index in [0.29, 0.717) is 46.5 Å². The van der Waals surface area contributed by atoms with Gasteiger partial charge < -0.3 is 20.2 Å². The monoisotopic (exact) mass is 539 g/mol. The zero-order valence-electron chi connectivity index (χ0n) is 23.6. The first-order valence-electron chi connectivity index (χ1n) is 13.7. The van der Waals surface area contributed by atoms with Crippen LogP contribution in [0, 0.1) is 0 Å². The van der Waals surface area contributed by atoms with E-state index in [4.69, 9.17) is 4.99 Å². The van der Waals surface area contributed by atoms with E-state index in [1.165, 1.54) is 4.57 Å². The highest BCUT2D eigenvalue weighted by atomic mass is 16.3. The van der Waals surface area contributed by atoms with Crippen LogP contribution in [0.1, 0.15) is 42.3 Å². The molecule has 2 amide bonds. The van der Waals surface area contributed by atoms with E-state index in [0.717, 1.165) is 25.2 Å². The number of amides is 2. The van der Waals surface area contributed by atoms with E-state index in [1.807, 2.05) is 61.5 Å². The van der Waals surface area contributed by atoms with Crippen LogP contribution in [0.3, 0.4) is 0 Å². The van der Waals surface area contributed by atoms with Crippen LogP contribution in [0.25, 0.3) is 10.9 Å². The van der Waals surface area contributed by atoms with Crippen LogP contribution >= 0.6 is 0 Å². The fraction of sp³-hybridized carbons (Fsp3) is 0.281. The summed E-state index contributed by atoms with van der Waals surface area (Å²) in [5, 5.41) is 15.2. The molecule has 1 heterocycles. The van der Waals surface area contributed by atoms with Gasteiger partial charge in [0.15, 0.2) is 0 Å². The van der Waals surface area contributed by atoms with Gasteiger partial charge in [0, 0.05) is 43.2 Å². The molecule has 0 spiro atoms. The molecule has 3 aromatic carbocycles. The summed E-state index contributed by atoms with van der Waals surface area (Å²) >= 11 is 0. The molecule has 4 aromatic rings. The Kier molecular flexibility index (Phi) is 9.35. The second-order valence-electron chi connectivity index (χ2n) is 9.50. The van der Waals surface area contributed by atoms with Crippen molar-refractivity contribution in [2.75, 3.05) is 39.8 Å². The van der Waals surface area contributed by atoms with Gasteiger partial charge in [0.2, 0.25) is 5.88 Å². The van der Waals surface area contributed by atoms with Crippen LogP contribution in [0.2, 0.25) is 0 Å². The van der Waals surface area contributed by atoms with Gasteiger partial charge in [-0.3, -0.25) is 4.79 Å². The van der Waals surface area contributed by atoms with Gasteiger partial charge in [0.25, 0.3) is 5.91 Å². The summed E-state index contributed by atoms with van der Waals surface area (Å²) in [5.74, 6) is -0.302. The number of likely N-dealkylation sites (N-methyl/N-ethyl adjacent to an activating group) is 1. The SMILES string of the molecule is CCN(CC)CCNC(=O)c1ccc(N=C(c2ccccc2)c2c(O)n(C(=O)N(C)CC)c3ccccc23)cc1. The predicted octanol–water partition coefficient (Wildman–Crippen LogP) is 5.51. The Labute approximate surface area is 235 Å². The Balaban J connectivity index is 1.73. The molecule has 0 unspecified atom stereocenters. The molecule has 0 fully saturated rings. The van der Waals surface area contributed by atoms with E-state index in [2.05, 4.69) is 24.1 Å². The lowest BCUT2D eigenvalue weighted by Crippen LogP contribution is -2.34. The van der Waals surface area contributed by atoms with E-state index < -0.39 is 0 Å². The summed E-state index contributed by atoms with van der Waals surface area (Å²) in [6.07, 6.45) is 0. The highest BCUT2D eigenvalue weighted by Crippen LogP contribution is 2.35. The van der Waals surface area contributed by atoms with Gasteiger partial charge in [-0.2, -0.15) is 0 Å². The summed E-state index contributed by atoms with van der Waals surface area (Å²) in [6.45, 7) is 9.85. The Morgan fingerprint density at radius 2 is 1.50 bits per heavy atom. The van der Waals surface area contributed by atoms with Crippen LogP contribution in [0.5, 0.6) is 5.88 Å². The number of nitrogens with one attached hydrogen (secondary N) is 1. The van der Waals surface area contributed by atoms with Crippen LogP contribution < -0.4 is 5.32 Å². The number of carbonyl (C=O) groups excluding carboxylic acids is 2. The summed E-state index contributed by atoms with van der Waals surface area (Å²) in [6, 6.07) is 23.7. The van der Waals surface area contributed by atoms with E-state index in [1.54, 1.807) is 36.2 Å². The molecule has 8 nitrogen and oxygen atoms in total. The summed E-state index contributed by atoms with van der Waals surface area (Å²) in [7, 11) is 1.70. The van der Waals surface area contributed by atoms with Crippen molar-refractivity contribution < 1.29 is 14.7 Å². The van der Waals surface area contributed by atoms with E-state index >= 15 is 0 Å². The minimum atomic E-state index is -0.328. The summed E-state index contributed by atoms with van der Waals surface area (Å²) < 4.78 is 1.33. The number of para-hydroxylation sites is 1. The van der Waals surface area contributed by atoms with Crippen LogP contribution in [0.4, 0.5) is 10.5 Å². The molecule has 0 saturated heterocycles. The first-order chi connectivity index (χ1) is 19.4. The predicted molar refractivity (Wildman–Crippen MR) is 161 cm³/mol. The minimum Gasteiger partial charge on any atom is -0.494 e. The quantitative estimate of drug-likeness (QED) is 0.260. The van der Waals surface area contributed by atoms with Crippen molar-refractivity contribution in [1.82, 2.24) is 19.7 Å². The number of aromatic hydroxyl groups is 1. The Morgan fingerprint density at radius 1 is 0.850 bits per heavy atom. The second-order valence-corrected chi connectivity index (χ2v) is 9.50. The molecule has 0 aliphatic heterocycles. The number of carbonyl (C=O) groups is 2. The third-order valence-electron chi connectivity index (χ3n) is 7.10. The maximum atomic E-state index is 13.2. The normalized spacial score (nSPS) is 11.7. The van der Waals surface area contributed by atoms with Crippen molar-refractivity contribution >= 4 is 34.2 Å². The van der Waals surface area contributed by atoms with Gasteiger partial charge in [-0.15, -0.1) is 0 Å². The molecule has 40 heavy (non-hydrogen) atoms. The lowest BCUT2D eigenvalue weighted by Gasteiger charge is -2.17. The highest BCUT2D eigenvalue weighted by Gasteiger charge is 2.26. The number of aromatic nitrogens is 1. The smallest absolute Gasteiger partial charge is 0.331 e. The van der Waals surface area contributed by atoms with Gasteiger partial charge in [-0.1, -0.05) is 62.4 Å². The molecule has 0 radical (unpaired) electrons. The molecule has 0 atom stereocenters. The van der Waals surface area contributed by atoms with Gasteiger partial charge >= 0.3 is 6.03 Å². The molecule has 0 bridgehead atoms. The number of aliphatic imine (C=N–C) groups is 1. The first kappa shape index (κ1) is 28.6. The van der Waals surface area contributed by atoms with Crippen molar-refractivity contribution in [2.45, 2.75) is 20.8 Å². The third kappa shape index (κ3) is 6.07. The topological polar surface area (TPSA) is 90.2 Å². The molecule has 208 valence electrons. The number of rotatable bonds is 10. The number of hydrogen-bond donors (Lipinski definition) is 2. The Bertz CT molecular complexity index is 1490. The third-order valence-corrected chi connectivity index (χ3v) is 7.10.